The molecule has 1 aromatic heterocycles. The number of rotatable bonds is 9. The number of carbonyl (C=O) groups excluding carboxylic acids is 3. The summed E-state index contributed by atoms with van der Waals surface area (Å²) in [7, 11) is 0. The van der Waals surface area contributed by atoms with E-state index in [0.29, 0.717) is 28.4 Å². The lowest BCUT2D eigenvalue weighted by molar-refractivity contribution is -0.138. The molecule has 0 radical (unpaired) electrons. The topological polar surface area (TPSA) is 94.4 Å². The Balaban J connectivity index is 1.47. The van der Waals surface area contributed by atoms with Crippen LogP contribution in [0.3, 0.4) is 0 Å². The molecule has 1 fully saturated rings. The lowest BCUT2D eigenvalue weighted by Gasteiger charge is -2.31. The van der Waals surface area contributed by atoms with Crippen LogP contribution in [0, 0.1) is 18.3 Å². The van der Waals surface area contributed by atoms with Gasteiger partial charge in [0.25, 0.3) is 5.91 Å². The van der Waals surface area contributed by atoms with Gasteiger partial charge in [0.1, 0.15) is 17.1 Å². The molecule has 2 atom stereocenters. The van der Waals surface area contributed by atoms with E-state index in [1.165, 1.54) is 21.6 Å². The van der Waals surface area contributed by atoms with Crippen LogP contribution in [-0.2, 0) is 20.9 Å². The average molecular weight is 575 g/mol. The van der Waals surface area contributed by atoms with Crippen molar-refractivity contribution in [2.45, 2.75) is 49.6 Å². The van der Waals surface area contributed by atoms with Crippen molar-refractivity contribution >= 4 is 35.2 Å². The molecule has 0 N–H and O–H groups in total. The maximum atomic E-state index is 14.3. The first-order valence-corrected chi connectivity index (χ1v) is 14.7. The molecule has 1 aliphatic heterocycles. The van der Waals surface area contributed by atoms with E-state index in [2.05, 4.69) is 6.07 Å². The molecule has 42 heavy (non-hydrogen) atoms. The van der Waals surface area contributed by atoms with E-state index in [0.717, 1.165) is 16.7 Å². The maximum absolute atomic E-state index is 14.3. The zero-order valence-electron chi connectivity index (χ0n) is 23.4. The van der Waals surface area contributed by atoms with Gasteiger partial charge in [-0.15, -0.1) is 0 Å². The first kappa shape index (κ1) is 28.8. The van der Waals surface area contributed by atoms with E-state index in [9.17, 15) is 19.6 Å². The number of hydrogen-bond acceptors (Lipinski definition) is 6. The lowest BCUT2D eigenvalue weighted by atomic mass is 10.1. The Morgan fingerprint density at radius 1 is 1.00 bits per heavy atom. The van der Waals surface area contributed by atoms with E-state index in [1.807, 2.05) is 74.5 Å². The van der Waals surface area contributed by atoms with Crippen LogP contribution in [0.5, 0.6) is 0 Å². The molecule has 2 unspecified atom stereocenters. The Labute approximate surface area is 249 Å². The van der Waals surface area contributed by atoms with Crippen LogP contribution in [0.15, 0.2) is 102 Å². The normalized spacial score (nSPS) is 15.4. The number of imide groups is 1. The number of nitrogens with zero attached hydrogens (tertiary/aromatic N) is 4. The van der Waals surface area contributed by atoms with Gasteiger partial charge in [-0.05, 0) is 43.2 Å². The molecule has 0 spiro atoms. The zero-order valence-corrected chi connectivity index (χ0v) is 24.3. The van der Waals surface area contributed by atoms with Gasteiger partial charge in [0.05, 0.1) is 28.6 Å². The molecule has 3 amide bonds. The molecule has 7 nitrogen and oxygen atoms in total. The highest BCUT2D eigenvalue weighted by molar-refractivity contribution is 8.00. The summed E-state index contributed by atoms with van der Waals surface area (Å²) in [4.78, 5) is 48.5. The molecular formula is C34H30N4O3S. The van der Waals surface area contributed by atoms with E-state index in [1.54, 1.807) is 36.4 Å². The molecular weight excluding hydrogens is 544 g/mol. The highest BCUT2D eigenvalue weighted by Gasteiger charge is 2.45. The minimum atomic E-state index is -0.942. The van der Waals surface area contributed by atoms with Crippen LogP contribution in [0.25, 0.3) is 11.3 Å². The molecule has 0 aliphatic carbocycles. The van der Waals surface area contributed by atoms with Crippen LogP contribution < -0.4 is 4.90 Å². The van der Waals surface area contributed by atoms with Crippen molar-refractivity contribution in [3.8, 4) is 17.3 Å². The van der Waals surface area contributed by atoms with Gasteiger partial charge in [0.15, 0.2) is 0 Å². The van der Waals surface area contributed by atoms with Crippen molar-refractivity contribution < 1.29 is 14.4 Å². The molecule has 5 rings (SSSR count). The summed E-state index contributed by atoms with van der Waals surface area (Å²) < 4.78 is 0. The van der Waals surface area contributed by atoms with Crippen molar-refractivity contribution in [1.82, 2.24) is 9.88 Å². The summed E-state index contributed by atoms with van der Waals surface area (Å²) in [5.74, 6) is -1.05. The summed E-state index contributed by atoms with van der Waals surface area (Å²) in [6, 6.07) is 30.9. The fourth-order valence-corrected chi connectivity index (χ4v) is 6.02. The summed E-state index contributed by atoms with van der Waals surface area (Å²) in [6.07, 6.45) is 0.339. The number of anilines is 1. The number of thioether (sulfide) groups is 1. The fraction of sp³-hybridized carbons (Fsp3) is 0.206. The zero-order chi connectivity index (χ0) is 29.6. The minimum absolute atomic E-state index is 0.0992. The van der Waals surface area contributed by atoms with Crippen molar-refractivity contribution in [3.05, 3.63) is 114 Å². The van der Waals surface area contributed by atoms with Crippen molar-refractivity contribution in [1.29, 1.82) is 5.26 Å². The summed E-state index contributed by atoms with van der Waals surface area (Å²) >= 11 is 1.22. The van der Waals surface area contributed by atoms with Gasteiger partial charge in [-0.25, -0.2) is 9.88 Å². The van der Waals surface area contributed by atoms with Gasteiger partial charge in [0.2, 0.25) is 11.8 Å². The molecule has 2 heterocycles. The quantitative estimate of drug-likeness (QED) is 0.176. The van der Waals surface area contributed by atoms with Crippen LogP contribution in [0.4, 0.5) is 5.69 Å². The third kappa shape index (κ3) is 6.12. The van der Waals surface area contributed by atoms with Crippen LogP contribution >= 0.6 is 11.8 Å². The molecule has 210 valence electrons. The van der Waals surface area contributed by atoms with Crippen LogP contribution in [0.2, 0.25) is 0 Å². The van der Waals surface area contributed by atoms with Gasteiger partial charge in [0, 0.05) is 12.1 Å². The maximum Gasteiger partial charge on any atom is 0.257 e. The van der Waals surface area contributed by atoms with E-state index in [-0.39, 0.29) is 24.8 Å². The molecule has 1 aliphatic rings. The Morgan fingerprint density at radius 3 is 2.31 bits per heavy atom. The van der Waals surface area contributed by atoms with E-state index < -0.39 is 17.2 Å². The van der Waals surface area contributed by atoms with Gasteiger partial charge >= 0.3 is 0 Å². The smallest absolute Gasteiger partial charge is 0.257 e. The predicted molar refractivity (Wildman–Crippen MR) is 163 cm³/mol. The summed E-state index contributed by atoms with van der Waals surface area (Å²) in [6.45, 7) is 4.08. The summed E-state index contributed by atoms with van der Waals surface area (Å²) in [5.41, 5.74) is 4.45. The number of hydrogen-bond donors (Lipinski definition) is 0. The number of carbonyl (C=O) groups is 3. The number of nitriles is 1. The minimum Gasteiger partial charge on any atom is -0.325 e. The average Bonchev–Trinajstić information content (AvgIpc) is 3.32. The Morgan fingerprint density at radius 2 is 1.67 bits per heavy atom. The second kappa shape index (κ2) is 12.8. The Hall–Kier alpha value is -4.74. The second-order valence-electron chi connectivity index (χ2n) is 10.1. The molecule has 3 aromatic carbocycles. The number of benzene rings is 3. The lowest BCUT2D eigenvalue weighted by Crippen LogP contribution is -2.48. The van der Waals surface area contributed by atoms with Crippen LogP contribution in [-0.4, -0.2) is 38.9 Å². The molecule has 4 aromatic rings. The number of aryl methyl sites for hydroxylation is 1. The summed E-state index contributed by atoms with van der Waals surface area (Å²) in [5, 5.41) is 9.66. The monoisotopic (exact) mass is 574 g/mol. The molecule has 0 saturated carbocycles. The van der Waals surface area contributed by atoms with Crippen molar-refractivity contribution in [2.24, 2.45) is 0 Å². The largest absolute Gasteiger partial charge is 0.325 e. The highest BCUT2D eigenvalue weighted by atomic mass is 32.2. The van der Waals surface area contributed by atoms with Crippen LogP contribution in [0.1, 0.15) is 36.5 Å². The third-order valence-corrected chi connectivity index (χ3v) is 8.57. The number of para-hydroxylation sites is 1. The van der Waals surface area contributed by atoms with Crippen molar-refractivity contribution in [2.75, 3.05) is 4.90 Å². The highest BCUT2D eigenvalue weighted by Crippen LogP contribution is 2.33. The van der Waals surface area contributed by atoms with E-state index in [4.69, 9.17) is 4.98 Å². The fourth-order valence-electron chi connectivity index (χ4n) is 4.96. The van der Waals surface area contributed by atoms with Gasteiger partial charge in [-0.3, -0.25) is 14.4 Å². The first-order chi connectivity index (χ1) is 20.4. The number of amides is 3. The third-order valence-electron chi connectivity index (χ3n) is 7.22. The molecule has 0 bridgehead atoms. The number of aromatic nitrogens is 1. The van der Waals surface area contributed by atoms with Gasteiger partial charge in [-0.2, -0.15) is 5.26 Å². The SMILES string of the molecule is CCC(Sc1nc(-c2ccc(C)cc2)ccc1C#N)C(=O)N(Cc1ccccc1)C1CC(=O)N(c2ccccc2)C1=O. The Bertz CT molecular complexity index is 1640. The predicted octanol–water partition coefficient (Wildman–Crippen LogP) is 6.16. The van der Waals surface area contributed by atoms with E-state index >= 15 is 0 Å². The number of pyridine rings is 1. The van der Waals surface area contributed by atoms with Gasteiger partial charge < -0.3 is 4.90 Å². The Kier molecular flexibility index (Phi) is 8.80. The molecule has 1 saturated heterocycles. The van der Waals surface area contributed by atoms with Gasteiger partial charge in [-0.1, -0.05) is 97.0 Å². The van der Waals surface area contributed by atoms with Crippen molar-refractivity contribution in [3.63, 3.8) is 0 Å². The standard InChI is InChI=1S/C34H30N4O3S/c1-3-30(42-32-26(21-35)18-19-28(36-32)25-16-14-23(2)15-17-25)34(41)37(22-24-10-6-4-7-11-24)29-20-31(39)38(33(29)40)27-12-8-5-9-13-27/h4-19,29-30H,3,20,22H2,1-2H3. The first-order valence-electron chi connectivity index (χ1n) is 13.8. The second-order valence-corrected chi connectivity index (χ2v) is 11.3. The molecule has 8 heteroatoms.